The quantitative estimate of drug-likeness (QED) is 0.591. The van der Waals surface area contributed by atoms with Crippen LogP contribution in [0, 0.1) is 6.92 Å². The number of rotatable bonds is 6. The fourth-order valence-corrected chi connectivity index (χ4v) is 4.93. The Morgan fingerprint density at radius 1 is 1.13 bits per heavy atom. The number of furan rings is 1. The van der Waals surface area contributed by atoms with Gasteiger partial charge >= 0.3 is 11.9 Å². The zero-order valence-corrected chi connectivity index (χ0v) is 17.5. The summed E-state index contributed by atoms with van der Waals surface area (Å²) >= 11 is 1.38. The molecule has 1 amide bonds. The molecule has 1 aliphatic rings. The number of esters is 2. The van der Waals surface area contributed by atoms with E-state index in [0.717, 1.165) is 35.1 Å². The van der Waals surface area contributed by atoms with Crippen molar-refractivity contribution in [3.63, 3.8) is 0 Å². The van der Waals surface area contributed by atoms with Crippen molar-refractivity contribution in [2.75, 3.05) is 18.5 Å². The van der Waals surface area contributed by atoms with Crippen LogP contribution < -0.4 is 5.32 Å². The molecule has 2 aromatic heterocycles. The summed E-state index contributed by atoms with van der Waals surface area (Å²) < 4.78 is 15.9. The molecule has 4 rings (SSSR count). The third kappa shape index (κ3) is 3.70. The number of para-hydroxylation sites is 1. The minimum atomic E-state index is -0.710. The Balaban J connectivity index is 1.44. The SMILES string of the molecule is CCOC(=O)c1c(NC(=O)COC(=O)c2oc3ccccc3c2C)sc2c1CCC2. The molecular formula is C22H21NO6S. The first-order valence-corrected chi connectivity index (χ1v) is 10.6. The topological polar surface area (TPSA) is 94.8 Å². The lowest BCUT2D eigenvalue weighted by Crippen LogP contribution is -2.22. The number of thiophene rings is 1. The highest BCUT2D eigenvalue weighted by Crippen LogP contribution is 2.39. The van der Waals surface area contributed by atoms with E-state index in [1.807, 2.05) is 18.2 Å². The lowest BCUT2D eigenvalue weighted by Gasteiger charge is -2.08. The third-order valence-corrected chi connectivity index (χ3v) is 6.22. The maximum Gasteiger partial charge on any atom is 0.375 e. The predicted octanol–water partition coefficient (Wildman–Crippen LogP) is 4.26. The standard InChI is InChI=1S/C22H21NO6S/c1-3-27-21(25)18-14-8-6-10-16(14)30-20(18)23-17(24)11-28-22(26)19-12(2)13-7-4-5-9-15(13)29-19/h4-5,7,9H,3,6,8,10-11H2,1-2H3,(H,23,24). The van der Waals surface area contributed by atoms with E-state index < -0.39 is 24.5 Å². The number of nitrogens with one attached hydrogen (secondary N) is 1. The number of carbonyl (C=O) groups excluding carboxylic acids is 3. The van der Waals surface area contributed by atoms with Crippen LogP contribution in [0.2, 0.25) is 0 Å². The molecule has 0 atom stereocenters. The second-order valence-electron chi connectivity index (χ2n) is 6.96. The smallest absolute Gasteiger partial charge is 0.375 e. The maximum atomic E-state index is 12.4. The zero-order valence-electron chi connectivity index (χ0n) is 16.7. The highest BCUT2D eigenvalue weighted by Gasteiger charge is 2.28. The fourth-order valence-electron chi connectivity index (χ4n) is 3.64. The maximum absolute atomic E-state index is 12.4. The van der Waals surface area contributed by atoms with E-state index in [9.17, 15) is 14.4 Å². The van der Waals surface area contributed by atoms with Crippen LogP contribution in [0.4, 0.5) is 5.00 Å². The molecule has 156 valence electrons. The second kappa shape index (κ2) is 8.31. The minimum absolute atomic E-state index is 0.0753. The van der Waals surface area contributed by atoms with Gasteiger partial charge in [0.2, 0.25) is 5.76 Å². The first-order chi connectivity index (χ1) is 14.5. The first-order valence-electron chi connectivity index (χ1n) is 9.76. The highest BCUT2D eigenvalue weighted by molar-refractivity contribution is 7.17. The molecule has 0 aliphatic heterocycles. The lowest BCUT2D eigenvalue weighted by atomic mass is 10.1. The van der Waals surface area contributed by atoms with Crippen LogP contribution in [0.1, 0.15) is 50.3 Å². The largest absolute Gasteiger partial charge is 0.462 e. The fraction of sp³-hybridized carbons (Fsp3) is 0.318. The monoisotopic (exact) mass is 427 g/mol. The van der Waals surface area contributed by atoms with Crippen LogP contribution in [0.15, 0.2) is 28.7 Å². The minimum Gasteiger partial charge on any atom is -0.462 e. The number of benzene rings is 1. The highest BCUT2D eigenvalue weighted by atomic mass is 32.1. The van der Waals surface area contributed by atoms with E-state index in [0.29, 0.717) is 21.7 Å². The summed E-state index contributed by atoms with van der Waals surface area (Å²) in [6.07, 6.45) is 2.65. The number of aryl methyl sites for hydroxylation is 2. The summed E-state index contributed by atoms with van der Waals surface area (Å²) in [5, 5.41) is 3.96. The van der Waals surface area contributed by atoms with Gasteiger partial charge in [0.05, 0.1) is 12.2 Å². The molecule has 1 aromatic carbocycles. The number of carbonyl (C=O) groups is 3. The molecule has 8 heteroatoms. The number of ether oxygens (including phenoxy) is 2. The van der Waals surface area contributed by atoms with E-state index in [-0.39, 0.29) is 12.4 Å². The van der Waals surface area contributed by atoms with Gasteiger partial charge in [0.25, 0.3) is 5.91 Å². The molecule has 3 aromatic rings. The number of hydrogen-bond acceptors (Lipinski definition) is 7. The van der Waals surface area contributed by atoms with Gasteiger partial charge < -0.3 is 19.2 Å². The average molecular weight is 427 g/mol. The van der Waals surface area contributed by atoms with Gasteiger partial charge in [0.15, 0.2) is 6.61 Å². The number of amides is 1. The second-order valence-corrected chi connectivity index (χ2v) is 8.06. The summed E-state index contributed by atoms with van der Waals surface area (Å²) in [6, 6.07) is 7.28. The molecule has 0 radical (unpaired) electrons. The normalized spacial score (nSPS) is 12.6. The van der Waals surface area contributed by atoms with Crippen molar-refractivity contribution in [2.24, 2.45) is 0 Å². The van der Waals surface area contributed by atoms with Gasteiger partial charge in [0.1, 0.15) is 10.6 Å². The molecule has 1 N–H and O–H groups in total. The lowest BCUT2D eigenvalue weighted by molar-refractivity contribution is -0.119. The summed E-state index contributed by atoms with van der Waals surface area (Å²) in [7, 11) is 0. The van der Waals surface area contributed by atoms with E-state index in [1.54, 1.807) is 19.9 Å². The predicted molar refractivity (Wildman–Crippen MR) is 112 cm³/mol. The number of hydrogen-bond donors (Lipinski definition) is 1. The van der Waals surface area contributed by atoms with Crippen LogP contribution in [0.5, 0.6) is 0 Å². The van der Waals surface area contributed by atoms with Gasteiger partial charge in [-0.25, -0.2) is 9.59 Å². The van der Waals surface area contributed by atoms with Crippen molar-refractivity contribution in [3.8, 4) is 0 Å². The molecule has 2 heterocycles. The third-order valence-electron chi connectivity index (χ3n) is 5.02. The van der Waals surface area contributed by atoms with Gasteiger partial charge in [-0.05, 0) is 44.7 Å². The Kier molecular flexibility index (Phi) is 5.59. The summed E-state index contributed by atoms with van der Waals surface area (Å²) in [5.41, 5.74) is 2.61. The van der Waals surface area contributed by atoms with Crippen molar-refractivity contribution in [2.45, 2.75) is 33.1 Å². The molecule has 7 nitrogen and oxygen atoms in total. The van der Waals surface area contributed by atoms with Gasteiger partial charge in [-0.15, -0.1) is 11.3 Å². The van der Waals surface area contributed by atoms with E-state index in [4.69, 9.17) is 13.9 Å². The zero-order chi connectivity index (χ0) is 21.3. The molecule has 0 fully saturated rings. The van der Waals surface area contributed by atoms with Crippen LogP contribution in [0.25, 0.3) is 11.0 Å². The van der Waals surface area contributed by atoms with Crippen molar-refractivity contribution in [1.29, 1.82) is 0 Å². The Bertz CT molecular complexity index is 1140. The Hall–Kier alpha value is -3.13. The van der Waals surface area contributed by atoms with Crippen LogP contribution in [-0.4, -0.2) is 31.1 Å². The molecule has 1 aliphatic carbocycles. The Labute approximate surface area is 177 Å². The molecule has 0 saturated heterocycles. The first kappa shape index (κ1) is 20.2. The molecule has 30 heavy (non-hydrogen) atoms. The van der Waals surface area contributed by atoms with Crippen molar-refractivity contribution < 1.29 is 28.3 Å². The van der Waals surface area contributed by atoms with Crippen molar-refractivity contribution in [1.82, 2.24) is 0 Å². The number of anilines is 1. The van der Waals surface area contributed by atoms with Crippen LogP contribution >= 0.6 is 11.3 Å². The van der Waals surface area contributed by atoms with E-state index >= 15 is 0 Å². The van der Waals surface area contributed by atoms with Gasteiger partial charge in [0, 0.05) is 15.8 Å². The summed E-state index contributed by atoms with van der Waals surface area (Å²) in [6.45, 7) is 3.27. The van der Waals surface area contributed by atoms with Gasteiger partial charge in [-0.2, -0.15) is 0 Å². The average Bonchev–Trinajstić information content (AvgIpc) is 3.39. The van der Waals surface area contributed by atoms with Crippen molar-refractivity contribution >= 4 is 45.2 Å². The molecule has 0 unspecified atom stereocenters. The molecule has 0 bridgehead atoms. The summed E-state index contributed by atoms with van der Waals surface area (Å²) in [5.74, 6) is -1.60. The Morgan fingerprint density at radius 3 is 2.70 bits per heavy atom. The Morgan fingerprint density at radius 2 is 1.93 bits per heavy atom. The van der Waals surface area contributed by atoms with Crippen molar-refractivity contribution in [3.05, 3.63) is 51.6 Å². The van der Waals surface area contributed by atoms with Gasteiger partial charge in [-0.1, -0.05) is 18.2 Å². The van der Waals surface area contributed by atoms with Gasteiger partial charge in [-0.3, -0.25) is 4.79 Å². The molecular weight excluding hydrogens is 406 g/mol. The number of fused-ring (bicyclic) bond motifs is 2. The van der Waals surface area contributed by atoms with E-state index in [2.05, 4.69) is 5.32 Å². The van der Waals surface area contributed by atoms with E-state index in [1.165, 1.54) is 11.3 Å². The molecule has 0 saturated carbocycles. The molecule has 0 spiro atoms. The summed E-state index contributed by atoms with van der Waals surface area (Å²) in [4.78, 5) is 38.3. The van der Waals surface area contributed by atoms with Crippen LogP contribution in [-0.2, 0) is 27.1 Å². The van der Waals surface area contributed by atoms with Crippen LogP contribution in [0.3, 0.4) is 0 Å².